The summed E-state index contributed by atoms with van der Waals surface area (Å²) in [5.74, 6) is 1.47. The lowest BCUT2D eigenvalue weighted by Gasteiger charge is -2.20. The molecule has 1 heterocycles. The third kappa shape index (κ3) is 4.14. The molecule has 1 amide bonds. The van der Waals surface area contributed by atoms with Crippen LogP contribution in [-0.4, -0.2) is 52.5 Å². The van der Waals surface area contributed by atoms with Gasteiger partial charge in [-0.1, -0.05) is 24.0 Å². The van der Waals surface area contributed by atoms with Gasteiger partial charge in [-0.15, -0.1) is 0 Å². The molecule has 1 aliphatic carbocycles. The van der Waals surface area contributed by atoms with Gasteiger partial charge in [0.1, 0.15) is 4.32 Å². The highest BCUT2D eigenvalue weighted by Crippen LogP contribution is 2.29. The van der Waals surface area contributed by atoms with Gasteiger partial charge in [0.15, 0.2) is 0 Å². The Labute approximate surface area is 113 Å². The Hall–Kier alpha value is -0.290. The van der Waals surface area contributed by atoms with Crippen molar-refractivity contribution in [1.82, 2.24) is 9.80 Å². The second-order valence-electron chi connectivity index (χ2n) is 4.97. The van der Waals surface area contributed by atoms with Gasteiger partial charge in [0, 0.05) is 26.7 Å². The highest BCUT2D eigenvalue weighted by Gasteiger charge is 2.25. The van der Waals surface area contributed by atoms with Gasteiger partial charge in [0.2, 0.25) is 5.91 Å². The highest BCUT2D eigenvalue weighted by molar-refractivity contribution is 8.23. The maximum Gasteiger partial charge on any atom is 0.232 e. The molecule has 1 saturated heterocycles. The average molecular weight is 272 g/mol. The largest absolute Gasteiger partial charge is 0.358 e. The van der Waals surface area contributed by atoms with Crippen LogP contribution in [0.4, 0.5) is 0 Å². The molecule has 3 nitrogen and oxygen atoms in total. The number of nitrogens with zero attached hydrogens (tertiary/aromatic N) is 2. The van der Waals surface area contributed by atoms with Crippen LogP contribution in [-0.2, 0) is 4.79 Å². The van der Waals surface area contributed by atoms with Crippen LogP contribution < -0.4 is 0 Å². The molecule has 0 unspecified atom stereocenters. The second-order valence-corrected chi connectivity index (χ2v) is 6.58. The molecule has 96 valence electrons. The number of hydrogen-bond acceptors (Lipinski definition) is 3. The molecule has 0 radical (unpaired) electrons. The molecule has 1 saturated carbocycles. The van der Waals surface area contributed by atoms with Crippen molar-refractivity contribution < 1.29 is 4.79 Å². The Morgan fingerprint density at radius 3 is 2.65 bits per heavy atom. The zero-order chi connectivity index (χ0) is 12.3. The van der Waals surface area contributed by atoms with Gasteiger partial charge in [-0.05, 0) is 31.6 Å². The predicted molar refractivity (Wildman–Crippen MR) is 76.2 cm³/mol. The Morgan fingerprint density at radius 1 is 1.41 bits per heavy atom. The first kappa shape index (κ1) is 13.1. The fraction of sp³-hybridized carbons (Fsp3) is 0.833. The van der Waals surface area contributed by atoms with Crippen molar-refractivity contribution in [3.05, 3.63) is 0 Å². The first-order valence-corrected chi connectivity index (χ1v) is 7.72. The fourth-order valence-electron chi connectivity index (χ4n) is 2.01. The molecule has 0 N–H and O–H groups in total. The van der Waals surface area contributed by atoms with Gasteiger partial charge in [0.05, 0.1) is 5.75 Å². The molecule has 0 spiro atoms. The molecule has 2 aliphatic rings. The summed E-state index contributed by atoms with van der Waals surface area (Å²) < 4.78 is 0.899. The zero-order valence-corrected chi connectivity index (χ0v) is 12.0. The Balaban J connectivity index is 1.65. The molecule has 2 rings (SSSR count). The summed E-state index contributed by atoms with van der Waals surface area (Å²) in [7, 11) is 1.90. The normalized spacial score (nSPS) is 19.5. The van der Waals surface area contributed by atoms with Crippen molar-refractivity contribution in [1.29, 1.82) is 0 Å². The smallest absolute Gasteiger partial charge is 0.232 e. The maximum atomic E-state index is 11.9. The van der Waals surface area contributed by atoms with Crippen molar-refractivity contribution in [2.24, 2.45) is 5.92 Å². The SMILES string of the molecule is CN(CC1CC1)C(=O)CSC(=S)N1CCCC1. The van der Waals surface area contributed by atoms with Gasteiger partial charge >= 0.3 is 0 Å². The quantitative estimate of drug-likeness (QED) is 0.730. The van der Waals surface area contributed by atoms with Crippen molar-refractivity contribution in [3.63, 3.8) is 0 Å². The summed E-state index contributed by atoms with van der Waals surface area (Å²) in [6, 6.07) is 0. The number of rotatable bonds is 4. The lowest BCUT2D eigenvalue weighted by molar-refractivity contribution is -0.127. The summed E-state index contributed by atoms with van der Waals surface area (Å²) in [4.78, 5) is 15.9. The minimum atomic E-state index is 0.212. The summed E-state index contributed by atoms with van der Waals surface area (Å²) >= 11 is 6.86. The molecule has 0 bridgehead atoms. The lowest BCUT2D eigenvalue weighted by Crippen LogP contribution is -2.32. The third-order valence-electron chi connectivity index (χ3n) is 3.34. The molecule has 0 aromatic heterocycles. The summed E-state index contributed by atoms with van der Waals surface area (Å²) in [5.41, 5.74) is 0. The molecule has 5 heteroatoms. The fourth-order valence-corrected chi connectivity index (χ4v) is 3.21. The van der Waals surface area contributed by atoms with E-state index in [1.54, 1.807) is 0 Å². The van der Waals surface area contributed by atoms with Crippen molar-refractivity contribution in [3.8, 4) is 0 Å². The number of carbonyl (C=O) groups excluding carboxylic acids is 1. The van der Waals surface area contributed by atoms with Crippen LogP contribution in [0.15, 0.2) is 0 Å². The summed E-state index contributed by atoms with van der Waals surface area (Å²) in [5, 5.41) is 0. The van der Waals surface area contributed by atoms with E-state index in [4.69, 9.17) is 12.2 Å². The summed E-state index contributed by atoms with van der Waals surface area (Å²) in [6.07, 6.45) is 5.04. The van der Waals surface area contributed by atoms with Crippen molar-refractivity contribution >= 4 is 34.2 Å². The molecular formula is C12H20N2OS2. The average Bonchev–Trinajstić information content (AvgIpc) is 2.96. The van der Waals surface area contributed by atoms with E-state index in [1.807, 2.05) is 11.9 Å². The summed E-state index contributed by atoms with van der Waals surface area (Å²) in [6.45, 7) is 3.06. The molecule has 2 fully saturated rings. The van der Waals surface area contributed by atoms with E-state index in [2.05, 4.69) is 4.90 Å². The number of thiocarbonyl (C=S) groups is 1. The van der Waals surface area contributed by atoms with Crippen LogP contribution in [0.25, 0.3) is 0 Å². The van der Waals surface area contributed by atoms with E-state index in [0.717, 1.165) is 29.9 Å². The third-order valence-corrected chi connectivity index (χ3v) is 4.85. The van der Waals surface area contributed by atoms with Crippen LogP contribution >= 0.6 is 24.0 Å². The van der Waals surface area contributed by atoms with Crippen LogP contribution in [0.3, 0.4) is 0 Å². The maximum absolute atomic E-state index is 11.9. The van der Waals surface area contributed by atoms with Crippen molar-refractivity contribution in [2.45, 2.75) is 25.7 Å². The van der Waals surface area contributed by atoms with Gasteiger partial charge in [-0.2, -0.15) is 0 Å². The van der Waals surface area contributed by atoms with E-state index >= 15 is 0 Å². The first-order chi connectivity index (χ1) is 8.16. The topological polar surface area (TPSA) is 23.6 Å². The Bertz CT molecular complexity index is 299. The minimum absolute atomic E-state index is 0.212. The van der Waals surface area contributed by atoms with Crippen molar-refractivity contribution in [2.75, 3.05) is 32.4 Å². The van der Waals surface area contributed by atoms with Crippen LogP contribution in [0.2, 0.25) is 0 Å². The van der Waals surface area contributed by atoms with E-state index < -0.39 is 0 Å². The standard InChI is InChI=1S/C12H20N2OS2/c1-13(8-10-4-5-10)11(15)9-17-12(16)14-6-2-3-7-14/h10H,2-9H2,1H3. The van der Waals surface area contributed by atoms with E-state index in [1.165, 1.54) is 37.4 Å². The number of hydrogen-bond donors (Lipinski definition) is 0. The molecule has 0 aromatic rings. The Kier molecular flexibility index (Phi) is 4.68. The van der Waals surface area contributed by atoms with Gasteiger partial charge < -0.3 is 9.80 Å². The molecule has 0 atom stereocenters. The number of amides is 1. The molecular weight excluding hydrogens is 252 g/mol. The van der Waals surface area contributed by atoms with E-state index in [0.29, 0.717) is 5.75 Å². The van der Waals surface area contributed by atoms with Crippen LogP contribution in [0, 0.1) is 5.92 Å². The number of likely N-dealkylation sites (tertiary alicyclic amines) is 1. The predicted octanol–water partition coefficient (Wildman–Crippen LogP) is 1.97. The minimum Gasteiger partial charge on any atom is -0.358 e. The number of carbonyl (C=O) groups is 1. The second kappa shape index (κ2) is 6.05. The number of thioether (sulfide) groups is 1. The first-order valence-electron chi connectivity index (χ1n) is 6.32. The van der Waals surface area contributed by atoms with Gasteiger partial charge in [0.25, 0.3) is 0 Å². The Morgan fingerprint density at radius 2 is 2.06 bits per heavy atom. The van der Waals surface area contributed by atoms with Gasteiger partial charge in [-0.3, -0.25) is 4.79 Å². The van der Waals surface area contributed by atoms with Crippen LogP contribution in [0.5, 0.6) is 0 Å². The molecule has 0 aromatic carbocycles. The monoisotopic (exact) mass is 272 g/mol. The molecule has 1 aliphatic heterocycles. The van der Waals surface area contributed by atoms with E-state index in [-0.39, 0.29) is 5.91 Å². The zero-order valence-electron chi connectivity index (χ0n) is 10.4. The van der Waals surface area contributed by atoms with Gasteiger partial charge in [-0.25, -0.2) is 0 Å². The lowest BCUT2D eigenvalue weighted by atomic mass is 10.4. The van der Waals surface area contributed by atoms with E-state index in [9.17, 15) is 4.79 Å². The van der Waals surface area contributed by atoms with Crippen LogP contribution in [0.1, 0.15) is 25.7 Å². The molecule has 17 heavy (non-hydrogen) atoms. The highest BCUT2D eigenvalue weighted by atomic mass is 32.2.